The van der Waals surface area contributed by atoms with Gasteiger partial charge in [-0.3, -0.25) is 0 Å². The van der Waals surface area contributed by atoms with Crippen LogP contribution in [-0.2, 0) is 10.3 Å². The zero-order valence-electron chi connectivity index (χ0n) is 11.0. The van der Waals surface area contributed by atoms with Crippen LogP contribution in [0.2, 0.25) is 0 Å². The lowest BCUT2D eigenvalue weighted by Crippen LogP contribution is -2.21. The molecule has 0 N–H and O–H groups in total. The molecule has 1 aliphatic carbocycles. The molecule has 0 aromatic heterocycles. The normalized spacial score (nSPS) is 17.1. The quantitative estimate of drug-likeness (QED) is 0.622. The van der Waals surface area contributed by atoms with Crippen molar-refractivity contribution in [3.8, 4) is 0 Å². The van der Waals surface area contributed by atoms with E-state index in [4.69, 9.17) is 0 Å². The van der Waals surface area contributed by atoms with Crippen LogP contribution in [0.5, 0.6) is 0 Å². The molecule has 0 heterocycles. The predicted molar refractivity (Wildman–Crippen MR) is 69.0 cm³/mol. The number of benzene rings is 1. The fourth-order valence-electron chi connectivity index (χ4n) is 2.68. The smallest absolute Gasteiger partial charge is 0.235 e. The molecule has 1 aromatic rings. The summed E-state index contributed by atoms with van der Waals surface area (Å²) in [6.07, 6.45) is 4.75. The molecule has 19 heavy (non-hydrogen) atoms. The van der Waals surface area contributed by atoms with Crippen LogP contribution in [0.1, 0.15) is 31.2 Å². The molecule has 0 bridgehead atoms. The molecule has 102 valence electrons. The zero-order chi connectivity index (χ0) is 14.0. The van der Waals surface area contributed by atoms with Crippen molar-refractivity contribution in [3.05, 3.63) is 29.3 Å². The summed E-state index contributed by atoms with van der Waals surface area (Å²) in [6, 6.07) is 2.72. The summed E-state index contributed by atoms with van der Waals surface area (Å²) in [5.41, 5.74) is -0.0144. The van der Waals surface area contributed by atoms with Crippen LogP contribution in [0.25, 0.3) is 0 Å². The van der Waals surface area contributed by atoms with Gasteiger partial charge in [-0.25, -0.2) is 13.6 Å². The molecule has 0 saturated heterocycles. The van der Waals surface area contributed by atoms with Gasteiger partial charge in [0.05, 0.1) is 11.2 Å². The van der Waals surface area contributed by atoms with Crippen molar-refractivity contribution in [3.63, 3.8) is 0 Å². The van der Waals surface area contributed by atoms with E-state index in [-0.39, 0.29) is 5.69 Å². The van der Waals surface area contributed by atoms with Gasteiger partial charge >= 0.3 is 0 Å². The molecule has 5 heteroatoms. The van der Waals surface area contributed by atoms with Crippen molar-refractivity contribution in [2.24, 2.45) is 4.99 Å². The van der Waals surface area contributed by atoms with Gasteiger partial charge in [-0.05, 0) is 30.5 Å². The second kappa shape index (κ2) is 5.10. The van der Waals surface area contributed by atoms with Crippen LogP contribution in [0.4, 0.5) is 14.5 Å². The molecule has 0 unspecified atom stereocenters. The third-order valence-electron chi connectivity index (χ3n) is 3.72. The largest absolute Gasteiger partial charge is 0.375 e. The minimum absolute atomic E-state index is 0.169. The maximum atomic E-state index is 13.7. The van der Waals surface area contributed by atoms with Crippen molar-refractivity contribution in [1.29, 1.82) is 0 Å². The van der Waals surface area contributed by atoms with E-state index in [0.29, 0.717) is 18.4 Å². The first-order chi connectivity index (χ1) is 9.00. The van der Waals surface area contributed by atoms with Crippen molar-refractivity contribution in [1.82, 2.24) is 0 Å². The summed E-state index contributed by atoms with van der Waals surface area (Å²) in [4.78, 5) is 16.0. The monoisotopic (exact) mass is 266 g/mol. The lowest BCUT2D eigenvalue weighted by molar-refractivity contribution is 0.446. The van der Waals surface area contributed by atoms with Crippen molar-refractivity contribution in [2.45, 2.75) is 31.2 Å². The van der Waals surface area contributed by atoms with E-state index in [9.17, 15) is 13.6 Å². The standard InChI is InChI=1S/C14H16F2N2O/c1-18(2)12-8-10(7-11(15)13(12)16)14(17-9-19)5-3-4-6-14/h7-8H,3-6H2,1-2H3. The van der Waals surface area contributed by atoms with Gasteiger partial charge in [-0.1, -0.05) is 12.8 Å². The van der Waals surface area contributed by atoms with Gasteiger partial charge in [-0.2, -0.15) is 4.99 Å². The van der Waals surface area contributed by atoms with Crippen LogP contribution in [0.15, 0.2) is 17.1 Å². The maximum absolute atomic E-state index is 13.7. The highest BCUT2D eigenvalue weighted by Crippen LogP contribution is 2.43. The van der Waals surface area contributed by atoms with Crippen LogP contribution < -0.4 is 4.90 Å². The number of isocyanates is 1. The molecule has 0 amide bonds. The number of aliphatic imine (C=N–C) groups is 1. The molecule has 1 fully saturated rings. The Morgan fingerprint density at radius 3 is 2.42 bits per heavy atom. The molecule has 3 nitrogen and oxygen atoms in total. The first kappa shape index (κ1) is 13.7. The first-order valence-electron chi connectivity index (χ1n) is 6.26. The van der Waals surface area contributed by atoms with Crippen LogP contribution >= 0.6 is 0 Å². The van der Waals surface area contributed by atoms with Gasteiger partial charge in [0.25, 0.3) is 0 Å². The lowest BCUT2D eigenvalue weighted by Gasteiger charge is -2.25. The molecular weight excluding hydrogens is 250 g/mol. The number of hydrogen-bond acceptors (Lipinski definition) is 3. The van der Waals surface area contributed by atoms with Gasteiger partial charge in [0, 0.05) is 14.1 Å². The Balaban J connectivity index is 2.58. The second-order valence-electron chi connectivity index (χ2n) is 5.13. The summed E-state index contributed by atoms with van der Waals surface area (Å²) in [5, 5.41) is 0. The molecule has 0 radical (unpaired) electrons. The average Bonchev–Trinajstić information content (AvgIpc) is 2.82. The van der Waals surface area contributed by atoms with Crippen molar-refractivity contribution in [2.75, 3.05) is 19.0 Å². The van der Waals surface area contributed by atoms with E-state index in [0.717, 1.165) is 18.9 Å². The summed E-state index contributed by atoms with van der Waals surface area (Å²) in [6.45, 7) is 0. The third-order valence-corrected chi connectivity index (χ3v) is 3.72. The summed E-state index contributed by atoms with van der Waals surface area (Å²) >= 11 is 0. The van der Waals surface area contributed by atoms with E-state index >= 15 is 0 Å². The van der Waals surface area contributed by atoms with Gasteiger partial charge in [-0.15, -0.1) is 0 Å². The lowest BCUT2D eigenvalue weighted by atomic mass is 9.88. The molecule has 1 aromatic carbocycles. The van der Waals surface area contributed by atoms with Gasteiger partial charge in [0.2, 0.25) is 6.08 Å². The van der Waals surface area contributed by atoms with E-state index in [2.05, 4.69) is 4.99 Å². The number of carbonyl (C=O) groups excluding carboxylic acids is 1. The third kappa shape index (κ3) is 2.38. The Morgan fingerprint density at radius 1 is 1.26 bits per heavy atom. The maximum Gasteiger partial charge on any atom is 0.235 e. The van der Waals surface area contributed by atoms with Gasteiger partial charge < -0.3 is 4.90 Å². The van der Waals surface area contributed by atoms with Crippen LogP contribution in [0, 0.1) is 11.6 Å². The Kier molecular flexibility index (Phi) is 3.67. The van der Waals surface area contributed by atoms with E-state index in [1.165, 1.54) is 4.90 Å². The fourth-order valence-corrected chi connectivity index (χ4v) is 2.68. The first-order valence-corrected chi connectivity index (χ1v) is 6.26. The van der Waals surface area contributed by atoms with Gasteiger partial charge in [0.1, 0.15) is 0 Å². The Hall–Kier alpha value is -1.74. The van der Waals surface area contributed by atoms with Crippen molar-refractivity contribution >= 4 is 11.8 Å². The Labute approximate surface area is 110 Å². The van der Waals surface area contributed by atoms with Crippen molar-refractivity contribution < 1.29 is 13.6 Å². The molecular formula is C14H16F2N2O. The van der Waals surface area contributed by atoms with Crippen LogP contribution in [0.3, 0.4) is 0 Å². The number of halogens is 2. The topological polar surface area (TPSA) is 32.7 Å². The average molecular weight is 266 g/mol. The summed E-state index contributed by atoms with van der Waals surface area (Å²) in [7, 11) is 3.29. The molecule has 1 saturated carbocycles. The molecule has 2 rings (SSSR count). The molecule has 1 aliphatic rings. The molecule has 0 aliphatic heterocycles. The van der Waals surface area contributed by atoms with Gasteiger partial charge in [0.15, 0.2) is 11.6 Å². The molecule has 0 atom stereocenters. The van der Waals surface area contributed by atoms with Crippen LogP contribution in [-0.4, -0.2) is 20.2 Å². The minimum atomic E-state index is -0.909. The Bertz CT molecular complexity index is 530. The van der Waals surface area contributed by atoms with E-state index in [1.54, 1.807) is 26.2 Å². The number of hydrogen-bond donors (Lipinski definition) is 0. The Morgan fingerprint density at radius 2 is 1.89 bits per heavy atom. The SMILES string of the molecule is CN(C)c1cc(C2(N=C=O)CCCC2)cc(F)c1F. The number of rotatable bonds is 3. The summed E-state index contributed by atoms with van der Waals surface area (Å²) < 4.78 is 27.4. The van der Waals surface area contributed by atoms with E-state index in [1.807, 2.05) is 0 Å². The highest BCUT2D eigenvalue weighted by molar-refractivity contribution is 5.52. The summed E-state index contributed by atoms with van der Waals surface area (Å²) in [5.74, 6) is -1.79. The fraction of sp³-hybridized carbons (Fsp3) is 0.500. The zero-order valence-corrected chi connectivity index (χ0v) is 11.0. The predicted octanol–water partition coefficient (Wildman–Crippen LogP) is 3.14. The van der Waals surface area contributed by atoms with E-state index < -0.39 is 17.2 Å². The highest BCUT2D eigenvalue weighted by Gasteiger charge is 2.37. The highest BCUT2D eigenvalue weighted by atomic mass is 19.2. The molecule has 0 spiro atoms. The number of nitrogens with zero attached hydrogens (tertiary/aromatic N) is 2. The minimum Gasteiger partial charge on any atom is -0.375 e. The second-order valence-corrected chi connectivity index (χ2v) is 5.13. The number of anilines is 1.